The fraction of sp³-hybridized carbons (Fsp3) is 0.786. The topological polar surface area (TPSA) is 55.8 Å². The van der Waals surface area contributed by atoms with Crippen molar-refractivity contribution in [1.29, 1.82) is 0 Å². The third-order valence-electron chi connectivity index (χ3n) is 3.66. The lowest BCUT2D eigenvalue weighted by atomic mass is 9.97. The van der Waals surface area contributed by atoms with E-state index in [9.17, 15) is 9.90 Å². The molecule has 0 aromatic heterocycles. The molecule has 4 nitrogen and oxygen atoms in total. The SMILES string of the molecule is CCCCCC(O)/C=C/C1OCC2OC(=O)CC12. The van der Waals surface area contributed by atoms with Crippen molar-refractivity contribution < 1.29 is 19.4 Å². The molecule has 0 aromatic carbocycles. The van der Waals surface area contributed by atoms with Gasteiger partial charge in [0, 0.05) is 5.92 Å². The van der Waals surface area contributed by atoms with Crippen LogP contribution in [-0.2, 0) is 14.3 Å². The Morgan fingerprint density at radius 1 is 1.50 bits per heavy atom. The number of aliphatic hydroxyl groups excluding tert-OH is 1. The second-order valence-corrected chi connectivity index (χ2v) is 5.14. The fourth-order valence-electron chi connectivity index (χ4n) is 2.58. The molecule has 0 aromatic rings. The van der Waals surface area contributed by atoms with Gasteiger partial charge in [-0.05, 0) is 6.42 Å². The molecule has 4 atom stereocenters. The van der Waals surface area contributed by atoms with E-state index in [2.05, 4.69) is 6.92 Å². The quantitative estimate of drug-likeness (QED) is 0.446. The average molecular weight is 254 g/mol. The summed E-state index contributed by atoms with van der Waals surface area (Å²) in [6.45, 7) is 2.63. The first-order valence-electron chi connectivity index (χ1n) is 6.88. The second-order valence-electron chi connectivity index (χ2n) is 5.14. The maximum absolute atomic E-state index is 11.2. The third kappa shape index (κ3) is 3.33. The molecule has 2 rings (SSSR count). The van der Waals surface area contributed by atoms with Crippen LogP contribution < -0.4 is 0 Å². The molecule has 4 heteroatoms. The van der Waals surface area contributed by atoms with Crippen LogP contribution in [0.3, 0.4) is 0 Å². The highest BCUT2D eigenvalue weighted by atomic mass is 16.6. The van der Waals surface area contributed by atoms with E-state index >= 15 is 0 Å². The molecule has 2 heterocycles. The number of hydrogen-bond donors (Lipinski definition) is 1. The Kier molecular flexibility index (Phi) is 4.78. The zero-order valence-corrected chi connectivity index (χ0v) is 10.9. The number of unbranched alkanes of at least 4 members (excludes halogenated alkanes) is 2. The van der Waals surface area contributed by atoms with Crippen molar-refractivity contribution in [1.82, 2.24) is 0 Å². The smallest absolute Gasteiger partial charge is 0.306 e. The van der Waals surface area contributed by atoms with Crippen LogP contribution in [0.25, 0.3) is 0 Å². The summed E-state index contributed by atoms with van der Waals surface area (Å²) in [4.78, 5) is 11.2. The van der Waals surface area contributed by atoms with Crippen molar-refractivity contribution in [3.63, 3.8) is 0 Å². The molecule has 0 spiro atoms. The normalized spacial score (nSPS) is 32.8. The van der Waals surface area contributed by atoms with Crippen LogP contribution in [0, 0.1) is 5.92 Å². The van der Waals surface area contributed by atoms with E-state index in [1.807, 2.05) is 6.08 Å². The number of rotatable bonds is 6. The number of carbonyl (C=O) groups excluding carboxylic acids is 1. The maximum Gasteiger partial charge on any atom is 0.306 e. The van der Waals surface area contributed by atoms with Crippen LogP contribution in [0.1, 0.15) is 39.0 Å². The summed E-state index contributed by atoms with van der Waals surface area (Å²) < 4.78 is 10.7. The molecule has 2 fully saturated rings. The van der Waals surface area contributed by atoms with Gasteiger partial charge in [0.05, 0.1) is 25.2 Å². The van der Waals surface area contributed by atoms with Gasteiger partial charge in [-0.25, -0.2) is 0 Å². The van der Waals surface area contributed by atoms with Crippen molar-refractivity contribution in [3.05, 3.63) is 12.2 Å². The zero-order valence-electron chi connectivity index (χ0n) is 10.9. The minimum atomic E-state index is -0.405. The highest BCUT2D eigenvalue weighted by Crippen LogP contribution is 2.33. The van der Waals surface area contributed by atoms with Gasteiger partial charge < -0.3 is 14.6 Å². The van der Waals surface area contributed by atoms with Gasteiger partial charge in [-0.3, -0.25) is 4.79 Å². The number of hydrogen-bond acceptors (Lipinski definition) is 4. The first-order valence-corrected chi connectivity index (χ1v) is 6.88. The lowest BCUT2D eigenvalue weighted by Gasteiger charge is -2.11. The van der Waals surface area contributed by atoms with E-state index < -0.39 is 6.10 Å². The molecule has 2 saturated heterocycles. The maximum atomic E-state index is 11.2. The number of aliphatic hydroxyl groups is 1. The number of ether oxygens (including phenoxy) is 2. The number of carbonyl (C=O) groups is 1. The van der Waals surface area contributed by atoms with Crippen molar-refractivity contribution >= 4 is 5.97 Å². The summed E-state index contributed by atoms with van der Waals surface area (Å²) in [5.41, 5.74) is 0. The number of esters is 1. The van der Waals surface area contributed by atoms with E-state index in [-0.39, 0.29) is 24.1 Å². The van der Waals surface area contributed by atoms with E-state index in [1.54, 1.807) is 6.08 Å². The van der Waals surface area contributed by atoms with Gasteiger partial charge in [-0.1, -0.05) is 38.3 Å². The molecular weight excluding hydrogens is 232 g/mol. The Balaban J connectivity index is 1.77. The summed E-state index contributed by atoms with van der Waals surface area (Å²) in [7, 11) is 0. The van der Waals surface area contributed by atoms with Crippen LogP contribution in [0.5, 0.6) is 0 Å². The lowest BCUT2D eigenvalue weighted by Crippen LogP contribution is -2.18. The predicted octanol–water partition coefficient (Wildman–Crippen LogP) is 1.81. The van der Waals surface area contributed by atoms with Crippen molar-refractivity contribution in [2.75, 3.05) is 6.61 Å². The monoisotopic (exact) mass is 254 g/mol. The molecule has 0 radical (unpaired) electrons. The third-order valence-corrected chi connectivity index (χ3v) is 3.66. The van der Waals surface area contributed by atoms with Crippen molar-refractivity contribution in [2.24, 2.45) is 5.92 Å². The minimum Gasteiger partial charge on any atom is -0.459 e. The lowest BCUT2D eigenvalue weighted by molar-refractivity contribution is -0.142. The van der Waals surface area contributed by atoms with Crippen LogP contribution in [0.4, 0.5) is 0 Å². The molecule has 102 valence electrons. The molecule has 0 saturated carbocycles. The first kappa shape index (κ1) is 13.6. The Morgan fingerprint density at radius 2 is 2.33 bits per heavy atom. The van der Waals surface area contributed by atoms with Crippen molar-refractivity contribution in [2.45, 2.75) is 57.3 Å². The molecule has 2 aliphatic rings. The van der Waals surface area contributed by atoms with Gasteiger partial charge in [0.2, 0.25) is 0 Å². The molecule has 0 bridgehead atoms. The summed E-state index contributed by atoms with van der Waals surface area (Å²) in [5.74, 6) is 0.00628. The summed E-state index contributed by atoms with van der Waals surface area (Å²) in [5, 5.41) is 9.79. The van der Waals surface area contributed by atoms with Crippen LogP contribution in [0.15, 0.2) is 12.2 Å². The van der Waals surface area contributed by atoms with Crippen LogP contribution in [-0.4, -0.2) is 36.0 Å². The Labute approximate surface area is 108 Å². The molecule has 0 aliphatic carbocycles. The van der Waals surface area contributed by atoms with E-state index in [0.717, 1.165) is 25.7 Å². The molecule has 4 unspecified atom stereocenters. The predicted molar refractivity (Wildman–Crippen MR) is 67.0 cm³/mol. The van der Waals surface area contributed by atoms with E-state index in [4.69, 9.17) is 9.47 Å². The molecule has 2 aliphatic heterocycles. The molecule has 0 amide bonds. The molecular formula is C14H22O4. The minimum absolute atomic E-state index is 0.0793. The molecule has 1 N–H and O–H groups in total. The Hall–Kier alpha value is -0.870. The van der Waals surface area contributed by atoms with Crippen molar-refractivity contribution in [3.8, 4) is 0 Å². The van der Waals surface area contributed by atoms with Crippen LogP contribution >= 0.6 is 0 Å². The average Bonchev–Trinajstić information content (AvgIpc) is 2.86. The summed E-state index contributed by atoms with van der Waals surface area (Å²) in [6, 6.07) is 0. The standard InChI is InChI=1S/C14H22O4/c1-2-3-4-5-10(15)6-7-12-11-8-14(16)18-13(11)9-17-12/h6-7,10-13,15H,2-5,8-9H2,1H3/b7-6+. The van der Waals surface area contributed by atoms with E-state index in [0.29, 0.717) is 13.0 Å². The van der Waals surface area contributed by atoms with Gasteiger partial charge in [0.1, 0.15) is 6.10 Å². The van der Waals surface area contributed by atoms with E-state index in [1.165, 1.54) is 0 Å². The fourth-order valence-corrected chi connectivity index (χ4v) is 2.58. The Morgan fingerprint density at radius 3 is 3.11 bits per heavy atom. The summed E-state index contributed by atoms with van der Waals surface area (Å²) in [6.07, 6.45) is 7.70. The Bertz CT molecular complexity index is 313. The largest absolute Gasteiger partial charge is 0.459 e. The van der Waals surface area contributed by atoms with Gasteiger partial charge >= 0.3 is 5.97 Å². The van der Waals surface area contributed by atoms with Gasteiger partial charge in [-0.2, -0.15) is 0 Å². The first-order chi connectivity index (χ1) is 8.70. The van der Waals surface area contributed by atoms with Crippen LogP contribution in [0.2, 0.25) is 0 Å². The molecule has 18 heavy (non-hydrogen) atoms. The van der Waals surface area contributed by atoms with Gasteiger partial charge in [0.15, 0.2) is 0 Å². The highest BCUT2D eigenvalue weighted by Gasteiger charge is 2.44. The summed E-state index contributed by atoms with van der Waals surface area (Å²) >= 11 is 0. The number of fused-ring (bicyclic) bond motifs is 1. The van der Waals surface area contributed by atoms with Gasteiger partial charge in [0.25, 0.3) is 0 Å². The highest BCUT2D eigenvalue weighted by molar-refractivity contribution is 5.72. The zero-order chi connectivity index (χ0) is 13.0. The van der Waals surface area contributed by atoms with Gasteiger partial charge in [-0.15, -0.1) is 0 Å². The second kappa shape index (κ2) is 6.34.